The molecule has 0 aliphatic carbocycles. The molecule has 0 unspecified atom stereocenters. The molecule has 26 heavy (non-hydrogen) atoms. The molecule has 4 nitrogen and oxygen atoms in total. The Hall–Kier alpha value is -2.38. The van der Waals surface area contributed by atoms with E-state index in [0.717, 1.165) is 16.8 Å². The highest BCUT2D eigenvalue weighted by Crippen LogP contribution is 2.36. The van der Waals surface area contributed by atoms with Gasteiger partial charge in [0.1, 0.15) is 0 Å². The molecule has 0 radical (unpaired) electrons. The molecule has 0 aliphatic heterocycles. The molecule has 0 atom stereocenters. The van der Waals surface area contributed by atoms with Gasteiger partial charge in [-0.1, -0.05) is 36.7 Å². The monoisotopic (exact) mass is 382 g/mol. The van der Waals surface area contributed by atoms with Crippen LogP contribution in [0.25, 0.3) is 10.9 Å². The van der Waals surface area contributed by atoms with Crippen LogP contribution in [0.4, 0.5) is 13.2 Å². The number of hydrogen-bond donors (Lipinski definition) is 1. The van der Waals surface area contributed by atoms with Crippen LogP contribution in [0.1, 0.15) is 34.1 Å². The molecule has 1 heterocycles. The first kappa shape index (κ1) is 18.4. The molecule has 3 rings (SSSR count). The Kier molecular flexibility index (Phi) is 4.77. The second-order valence-electron chi connectivity index (χ2n) is 5.69. The maximum absolute atomic E-state index is 13.3. The lowest BCUT2D eigenvalue weighted by atomic mass is 10.1. The summed E-state index contributed by atoms with van der Waals surface area (Å²) < 4.78 is 40.9. The Morgan fingerprint density at radius 1 is 1.27 bits per heavy atom. The number of rotatable bonds is 3. The predicted molar refractivity (Wildman–Crippen MR) is 91.2 cm³/mol. The molecule has 0 saturated carbocycles. The Labute approximate surface area is 151 Å². The number of carbonyl (C=O) groups is 1. The number of alkyl halides is 3. The largest absolute Gasteiger partial charge is 0.417 e. The Morgan fingerprint density at radius 2 is 2.00 bits per heavy atom. The molecule has 0 aliphatic rings. The fourth-order valence-corrected chi connectivity index (χ4v) is 3.08. The molecular formula is C18H14ClF3N2O2. The number of aliphatic hydroxyl groups excluding tert-OH is 1. The van der Waals surface area contributed by atoms with Crippen LogP contribution in [-0.2, 0) is 19.2 Å². The van der Waals surface area contributed by atoms with Crippen molar-refractivity contribution in [2.45, 2.75) is 26.1 Å². The topological polar surface area (TPSA) is 55.1 Å². The first-order valence-electron chi connectivity index (χ1n) is 7.79. The highest BCUT2D eigenvalue weighted by Gasteiger charge is 2.37. The van der Waals surface area contributed by atoms with E-state index in [4.69, 9.17) is 11.6 Å². The summed E-state index contributed by atoms with van der Waals surface area (Å²) in [6.45, 7) is 1.56. The summed E-state index contributed by atoms with van der Waals surface area (Å²) in [5, 5.41) is 13.8. The number of aromatic nitrogens is 2. The summed E-state index contributed by atoms with van der Waals surface area (Å²) in [6, 6.07) is 8.08. The normalized spacial score (nSPS) is 11.9. The number of carbonyl (C=O) groups excluding carboxylic acids is 1. The van der Waals surface area contributed by atoms with E-state index >= 15 is 0 Å². The zero-order valence-corrected chi connectivity index (χ0v) is 14.4. The molecule has 1 aromatic heterocycles. The fraction of sp³-hybridized carbons (Fsp3) is 0.222. The average molecular weight is 383 g/mol. The highest BCUT2D eigenvalue weighted by atomic mass is 35.5. The minimum Gasteiger partial charge on any atom is -0.392 e. The Bertz CT molecular complexity index is 996. The van der Waals surface area contributed by atoms with Gasteiger partial charge in [-0.05, 0) is 30.2 Å². The molecule has 8 heteroatoms. The fourth-order valence-electron chi connectivity index (χ4n) is 2.82. The van der Waals surface area contributed by atoms with Crippen LogP contribution in [0.5, 0.6) is 0 Å². The third-order valence-corrected chi connectivity index (χ3v) is 4.38. The lowest BCUT2D eigenvalue weighted by Gasteiger charge is -2.13. The third kappa shape index (κ3) is 3.08. The van der Waals surface area contributed by atoms with Gasteiger partial charge in [-0.3, -0.25) is 4.79 Å². The van der Waals surface area contributed by atoms with Crippen molar-refractivity contribution >= 4 is 28.4 Å². The molecule has 1 N–H and O–H groups in total. The zero-order valence-electron chi connectivity index (χ0n) is 13.6. The summed E-state index contributed by atoms with van der Waals surface area (Å²) in [4.78, 5) is 12.9. The van der Waals surface area contributed by atoms with Crippen molar-refractivity contribution in [1.82, 2.24) is 9.78 Å². The number of fused-ring (bicyclic) bond motifs is 1. The van der Waals surface area contributed by atoms with Crippen LogP contribution in [-0.4, -0.2) is 20.8 Å². The second-order valence-corrected chi connectivity index (χ2v) is 6.09. The number of hydrogen-bond acceptors (Lipinski definition) is 3. The molecule has 2 aromatic carbocycles. The van der Waals surface area contributed by atoms with Crippen molar-refractivity contribution in [2.24, 2.45) is 0 Å². The van der Waals surface area contributed by atoms with Crippen molar-refractivity contribution in [1.29, 1.82) is 0 Å². The quantitative estimate of drug-likeness (QED) is 0.728. The van der Waals surface area contributed by atoms with Gasteiger partial charge in [0.25, 0.3) is 5.91 Å². The van der Waals surface area contributed by atoms with Crippen LogP contribution < -0.4 is 0 Å². The van der Waals surface area contributed by atoms with E-state index in [0.29, 0.717) is 28.6 Å². The third-order valence-electron chi connectivity index (χ3n) is 4.06. The lowest BCUT2D eigenvalue weighted by Crippen LogP contribution is -2.20. The van der Waals surface area contributed by atoms with Crippen molar-refractivity contribution in [2.75, 3.05) is 0 Å². The lowest BCUT2D eigenvalue weighted by molar-refractivity contribution is -0.137. The van der Waals surface area contributed by atoms with Crippen molar-refractivity contribution in [3.8, 4) is 0 Å². The highest BCUT2D eigenvalue weighted by molar-refractivity contribution is 6.34. The summed E-state index contributed by atoms with van der Waals surface area (Å²) >= 11 is 5.93. The van der Waals surface area contributed by atoms with Gasteiger partial charge < -0.3 is 5.11 Å². The number of benzene rings is 2. The summed E-state index contributed by atoms with van der Waals surface area (Å²) in [7, 11) is 0. The smallest absolute Gasteiger partial charge is 0.392 e. The van der Waals surface area contributed by atoms with E-state index < -0.39 is 23.2 Å². The molecule has 0 spiro atoms. The number of aryl methyl sites for hydroxylation is 1. The van der Waals surface area contributed by atoms with E-state index in [-0.39, 0.29) is 11.6 Å². The van der Waals surface area contributed by atoms with Gasteiger partial charge in [0.2, 0.25) is 0 Å². The van der Waals surface area contributed by atoms with Gasteiger partial charge in [-0.25, -0.2) is 0 Å². The first-order chi connectivity index (χ1) is 12.3. The van der Waals surface area contributed by atoms with Gasteiger partial charge in [0.05, 0.1) is 34.0 Å². The van der Waals surface area contributed by atoms with Gasteiger partial charge in [0.15, 0.2) is 0 Å². The molecule has 0 amide bonds. The van der Waals surface area contributed by atoms with E-state index in [1.165, 1.54) is 12.1 Å². The number of halogens is 4. The van der Waals surface area contributed by atoms with Crippen molar-refractivity contribution in [3.05, 3.63) is 63.8 Å². The minimum absolute atomic E-state index is 0.267. The van der Waals surface area contributed by atoms with Crippen LogP contribution >= 0.6 is 11.6 Å². The average Bonchev–Trinajstić information content (AvgIpc) is 2.98. The van der Waals surface area contributed by atoms with Crippen LogP contribution in [0.3, 0.4) is 0 Å². The molecule has 0 saturated heterocycles. The van der Waals surface area contributed by atoms with E-state index in [1.807, 2.05) is 6.92 Å². The Balaban J connectivity index is 2.27. The van der Waals surface area contributed by atoms with Gasteiger partial charge in [-0.15, -0.1) is 0 Å². The van der Waals surface area contributed by atoms with Crippen LogP contribution in [0, 0.1) is 0 Å². The molecule has 136 valence electrons. The van der Waals surface area contributed by atoms with Crippen molar-refractivity contribution < 1.29 is 23.1 Å². The number of nitrogens with zero attached hydrogens (tertiary/aromatic N) is 2. The van der Waals surface area contributed by atoms with Crippen LogP contribution in [0.2, 0.25) is 5.02 Å². The summed E-state index contributed by atoms with van der Waals surface area (Å²) in [6.07, 6.45) is -4.24. The van der Waals surface area contributed by atoms with Crippen LogP contribution in [0.15, 0.2) is 36.4 Å². The summed E-state index contributed by atoms with van der Waals surface area (Å²) in [5.41, 5.74) is -0.354. The molecule has 3 aromatic rings. The zero-order chi connectivity index (χ0) is 19.1. The first-order valence-corrected chi connectivity index (χ1v) is 8.17. The second kappa shape index (κ2) is 6.74. The maximum atomic E-state index is 13.3. The standard InChI is InChI=1S/C18H14ClF3N2O2/c1-2-14-11-7-6-10(9-25)8-15(11)24(23-14)17(26)16-12(18(20,21)22)4-3-5-13(16)19/h3-8,25H,2,9H2,1H3. The minimum atomic E-state index is -4.73. The molecule has 0 bridgehead atoms. The number of aliphatic hydroxyl groups is 1. The predicted octanol–water partition coefficient (Wildman–Crippen LogP) is 4.45. The van der Waals surface area contributed by atoms with E-state index in [1.54, 1.807) is 12.1 Å². The van der Waals surface area contributed by atoms with Crippen molar-refractivity contribution in [3.63, 3.8) is 0 Å². The Morgan fingerprint density at radius 3 is 2.62 bits per heavy atom. The molecule has 0 fully saturated rings. The van der Waals surface area contributed by atoms with Gasteiger partial charge >= 0.3 is 6.18 Å². The van der Waals surface area contributed by atoms with Gasteiger partial charge in [-0.2, -0.15) is 23.0 Å². The molecular weight excluding hydrogens is 369 g/mol. The SMILES string of the molecule is CCc1nn(C(=O)c2c(Cl)cccc2C(F)(F)F)c2cc(CO)ccc12. The van der Waals surface area contributed by atoms with E-state index in [2.05, 4.69) is 5.10 Å². The van der Waals surface area contributed by atoms with Gasteiger partial charge in [0, 0.05) is 5.39 Å². The maximum Gasteiger partial charge on any atom is 0.417 e. The van der Waals surface area contributed by atoms with E-state index in [9.17, 15) is 23.1 Å². The summed E-state index contributed by atoms with van der Waals surface area (Å²) in [5.74, 6) is -0.970.